The molecule has 2 nitrogen and oxygen atoms in total. The molecule has 1 aliphatic rings. The highest BCUT2D eigenvalue weighted by molar-refractivity contribution is 5.39. The zero-order chi connectivity index (χ0) is 10.7. The first kappa shape index (κ1) is 10.7. The highest BCUT2D eigenvalue weighted by Gasteiger charge is 2.45. The topological polar surface area (TPSA) is 35.2 Å². The third kappa shape index (κ3) is 2.06. The van der Waals surface area contributed by atoms with Crippen molar-refractivity contribution in [2.75, 3.05) is 20.3 Å². The lowest BCUT2D eigenvalue weighted by Gasteiger charge is -2.18. The standard InChI is InChI=1S/C13H19NO/c1-15-10-13(7-8-13)12-5-3-2-4-11(12)6-9-14/h2-5H,6-10,14H2,1H3. The van der Waals surface area contributed by atoms with Gasteiger partial charge in [0.15, 0.2) is 0 Å². The third-order valence-electron chi connectivity index (χ3n) is 3.28. The van der Waals surface area contributed by atoms with Crippen LogP contribution in [0.5, 0.6) is 0 Å². The monoisotopic (exact) mass is 205 g/mol. The molecule has 0 aromatic heterocycles. The first-order valence-corrected chi connectivity index (χ1v) is 5.60. The second-order valence-electron chi connectivity index (χ2n) is 4.41. The molecule has 15 heavy (non-hydrogen) atoms. The van der Waals surface area contributed by atoms with E-state index in [2.05, 4.69) is 24.3 Å². The van der Waals surface area contributed by atoms with Crippen LogP contribution in [0.25, 0.3) is 0 Å². The van der Waals surface area contributed by atoms with Crippen LogP contribution in [0, 0.1) is 0 Å². The Bertz CT molecular complexity index is 331. The van der Waals surface area contributed by atoms with Gasteiger partial charge in [-0.3, -0.25) is 0 Å². The molecule has 0 amide bonds. The Labute approximate surface area is 91.4 Å². The highest BCUT2D eigenvalue weighted by Crippen LogP contribution is 2.49. The summed E-state index contributed by atoms with van der Waals surface area (Å²) in [5.74, 6) is 0. The second-order valence-corrected chi connectivity index (χ2v) is 4.41. The van der Waals surface area contributed by atoms with Gasteiger partial charge in [0.05, 0.1) is 6.61 Å². The van der Waals surface area contributed by atoms with E-state index in [1.54, 1.807) is 7.11 Å². The molecule has 1 fully saturated rings. The van der Waals surface area contributed by atoms with Crippen LogP contribution in [0.2, 0.25) is 0 Å². The lowest BCUT2D eigenvalue weighted by Crippen LogP contribution is -2.17. The Morgan fingerprint density at radius 1 is 1.33 bits per heavy atom. The van der Waals surface area contributed by atoms with Crippen molar-refractivity contribution in [3.8, 4) is 0 Å². The fraction of sp³-hybridized carbons (Fsp3) is 0.538. The molecule has 0 saturated heterocycles. The Morgan fingerprint density at radius 2 is 2.07 bits per heavy atom. The molecule has 0 spiro atoms. The Hall–Kier alpha value is -0.860. The molecule has 1 aliphatic carbocycles. The fourth-order valence-corrected chi connectivity index (χ4v) is 2.33. The Morgan fingerprint density at radius 3 is 2.67 bits per heavy atom. The lowest BCUT2D eigenvalue weighted by atomic mass is 9.90. The maximum atomic E-state index is 5.64. The van der Waals surface area contributed by atoms with Gasteiger partial charge < -0.3 is 10.5 Å². The molecule has 0 heterocycles. The molecule has 0 atom stereocenters. The van der Waals surface area contributed by atoms with Crippen LogP contribution in [-0.4, -0.2) is 20.3 Å². The van der Waals surface area contributed by atoms with Gasteiger partial charge in [-0.15, -0.1) is 0 Å². The van der Waals surface area contributed by atoms with E-state index in [1.165, 1.54) is 24.0 Å². The SMILES string of the molecule is COCC1(c2ccccc2CCN)CC1. The van der Waals surface area contributed by atoms with Crippen molar-refractivity contribution in [3.05, 3.63) is 35.4 Å². The van der Waals surface area contributed by atoms with Crippen LogP contribution in [0.4, 0.5) is 0 Å². The quantitative estimate of drug-likeness (QED) is 0.796. The first-order chi connectivity index (χ1) is 7.32. The van der Waals surface area contributed by atoms with E-state index in [1.807, 2.05) is 0 Å². The van der Waals surface area contributed by atoms with E-state index in [4.69, 9.17) is 10.5 Å². The molecule has 0 bridgehead atoms. The number of hydrogen-bond donors (Lipinski definition) is 1. The molecule has 1 aromatic carbocycles. The van der Waals surface area contributed by atoms with Crippen LogP contribution in [0.15, 0.2) is 24.3 Å². The van der Waals surface area contributed by atoms with E-state index in [-0.39, 0.29) is 0 Å². The largest absolute Gasteiger partial charge is 0.384 e. The van der Waals surface area contributed by atoms with Gasteiger partial charge >= 0.3 is 0 Å². The summed E-state index contributed by atoms with van der Waals surface area (Å²) in [5, 5.41) is 0. The normalized spacial score (nSPS) is 17.7. The predicted molar refractivity (Wildman–Crippen MR) is 62.0 cm³/mol. The van der Waals surface area contributed by atoms with Crippen molar-refractivity contribution < 1.29 is 4.74 Å². The Balaban J connectivity index is 2.26. The van der Waals surface area contributed by atoms with E-state index < -0.39 is 0 Å². The number of rotatable bonds is 5. The summed E-state index contributed by atoms with van der Waals surface area (Å²) in [6.07, 6.45) is 3.48. The van der Waals surface area contributed by atoms with Gasteiger partial charge in [0.1, 0.15) is 0 Å². The molecular weight excluding hydrogens is 186 g/mol. The highest BCUT2D eigenvalue weighted by atomic mass is 16.5. The fourth-order valence-electron chi connectivity index (χ4n) is 2.33. The molecule has 2 heteroatoms. The lowest BCUT2D eigenvalue weighted by molar-refractivity contribution is 0.171. The molecule has 2 rings (SSSR count). The van der Waals surface area contributed by atoms with Gasteiger partial charge in [-0.2, -0.15) is 0 Å². The maximum Gasteiger partial charge on any atom is 0.0559 e. The molecule has 2 N–H and O–H groups in total. The predicted octanol–water partition coefficient (Wildman–Crippen LogP) is 1.87. The van der Waals surface area contributed by atoms with E-state index in [0.29, 0.717) is 5.41 Å². The van der Waals surface area contributed by atoms with Crippen LogP contribution >= 0.6 is 0 Å². The van der Waals surface area contributed by atoms with Gasteiger partial charge in [0, 0.05) is 12.5 Å². The van der Waals surface area contributed by atoms with Gasteiger partial charge in [-0.1, -0.05) is 24.3 Å². The zero-order valence-electron chi connectivity index (χ0n) is 9.33. The van der Waals surface area contributed by atoms with Gasteiger partial charge in [-0.05, 0) is 36.9 Å². The van der Waals surface area contributed by atoms with Crippen molar-refractivity contribution in [2.24, 2.45) is 5.73 Å². The number of hydrogen-bond acceptors (Lipinski definition) is 2. The van der Waals surface area contributed by atoms with Crippen LogP contribution in [0.1, 0.15) is 24.0 Å². The van der Waals surface area contributed by atoms with E-state index in [9.17, 15) is 0 Å². The summed E-state index contributed by atoms with van der Waals surface area (Å²) in [4.78, 5) is 0. The molecule has 0 radical (unpaired) electrons. The summed E-state index contributed by atoms with van der Waals surface area (Å²) >= 11 is 0. The number of nitrogens with two attached hydrogens (primary N) is 1. The Kier molecular flexibility index (Phi) is 3.08. The smallest absolute Gasteiger partial charge is 0.0559 e. The molecule has 0 unspecified atom stereocenters. The van der Waals surface area contributed by atoms with Crippen molar-refractivity contribution >= 4 is 0 Å². The molecule has 1 aromatic rings. The van der Waals surface area contributed by atoms with Gasteiger partial charge in [-0.25, -0.2) is 0 Å². The first-order valence-electron chi connectivity index (χ1n) is 5.60. The maximum absolute atomic E-state index is 5.64. The van der Waals surface area contributed by atoms with Crippen molar-refractivity contribution in [2.45, 2.75) is 24.7 Å². The van der Waals surface area contributed by atoms with E-state index in [0.717, 1.165) is 19.6 Å². The second kappa shape index (κ2) is 4.33. The van der Waals surface area contributed by atoms with E-state index >= 15 is 0 Å². The average Bonchev–Trinajstić information content (AvgIpc) is 3.01. The summed E-state index contributed by atoms with van der Waals surface area (Å²) in [5.41, 5.74) is 8.80. The number of methoxy groups -OCH3 is 1. The van der Waals surface area contributed by atoms with Crippen molar-refractivity contribution in [1.29, 1.82) is 0 Å². The molecule has 0 aliphatic heterocycles. The molecular formula is C13H19NO. The number of ether oxygens (including phenoxy) is 1. The molecule has 82 valence electrons. The van der Waals surface area contributed by atoms with Gasteiger partial charge in [0.2, 0.25) is 0 Å². The summed E-state index contributed by atoms with van der Waals surface area (Å²) < 4.78 is 5.33. The minimum atomic E-state index is 0.306. The third-order valence-corrected chi connectivity index (χ3v) is 3.28. The van der Waals surface area contributed by atoms with Crippen molar-refractivity contribution in [3.63, 3.8) is 0 Å². The minimum absolute atomic E-state index is 0.306. The number of benzene rings is 1. The molecule has 1 saturated carbocycles. The summed E-state index contributed by atoms with van der Waals surface area (Å²) in [7, 11) is 1.78. The van der Waals surface area contributed by atoms with Gasteiger partial charge in [0.25, 0.3) is 0 Å². The van der Waals surface area contributed by atoms with Crippen LogP contribution in [-0.2, 0) is 16.6 Å². The van der Waals surface area contributed by atoms with Crippen molar-refractivity contribution in [1.82, 2.24) is 0 Å². The zero-order valence-corrected chi connectivity index (χ0v) is 9.33. The summed E-state index contributed by atoms with van der Waals surface area (Å²) in [6.45, 7) is 1.56. The van der Waals surface area contributed by atoms with Crippen LogP contribution < -0.4 is 5.73 Å². The minimum Gasteiger partial charge on any atom is -0.384 e. The average molecular weight is 205 g/mol. The van der Waals surface area contributed by atoms with Crippen LogP contribution in [0.3, 0.4) is 0 Å². The summed E-state index contributed by atoms with van der Waals surface area (Å²) in [6, 6.07) is 8.64.